The smallest absolute Gasteiger partial charge is 0.319 e. The minimum Gasteiger partial charge on any atom is -0.465 e. The number of nitrogens with one attached hydrogen (secondary N) is 1. The fourth-order valence-electron chi connectivity index (χ4n) is 2.06. The lowest BCUT2D eigenvalue weighted by molar-refractivity contribution is -0.144. The number of esters is 1. The van der Waals surface area contributed by atoms with Crippen LogP contribution in [0.15, 0.2) is 17.0 Å². The van der Waals surface area contributed by atoms with E-state index in [0.29, 0.717) is 17.9 Å². The lowest BCUT2D eigenvalue weighted by atomic mass is 9.97. The van der Waals surface area contributed by atoms with Crippen molar-refractivity contribution in [3.8, 4) is 0 Å². The quantitative estimate of drug-likeness (QED) is 0.408. The van der Waals surface area contributed by atoms with Gasteiger partial charge in [0, 0.05) is 10.8 Å². The van der Waals surface area contributed by atoms with Crippen LogP contribution in [0.1, 0.15) is 48.0 Å². The highest BCUT2D eigenvalue weighted by Gasteiger charge is 2.23. The van der Waals surface area contributed by atoms with Crippen LogP contribution in [0.3, 0.4) is 0 Å². The van der Waals surface area contributed by atoms with Gasteiger partial charge in [0.05, 0.1) is 17.3 Å². The van der Waals surface area contributed by atoms with Crippen molar-refractivity contribution >= 4 is 40.9 Å². The summed E-state index contributed by atoms with van der Waals surface area (Å²) in [4.78, 5) is 25.0. The first-order chi connectivity index (χ1) is 12.6. The summed E-state index contributed by atoms with van der Waals surface area (Å²) in [6, 6.07) is 2.64. The van der Waals surface area contributed by atoms with E-state index in [4.69, 9.17) is 16.3 Å². The molecule has 152 valence electrons. The number of amides is 1. The van der Waals surface area contributed by atoms with Gasteiger partial charge in [-0.25, -0.2) is 4.39 Å². The molecule has 1 amide bonds. The van der Waals surface area contributed by atoms with Gasteiger partial charge < -0.3 is 10.1 Å². The normalized spacial score (nSPS) is 13.6. The average Bonchev–Trinajstić information content (AvgIpc) is 2.59. The maximum Gasteiger partial charge on any atom is 0.319 e. The summed E-state index contributed by atoms with van der Waals surface area (Å²) in [5, 5.41) is 2.36. The van der Waals surface area contributed by atoms with Crippen molar-refractivity contribution in [2.75, 3.05) is 11.9 Å². The maximum atomic E-state index is 14.2. The molecular weight excluding hydrogens is 389 g/mol. The lowest BCUT2D eigenvalue weighted by Crippen LogP contribution is -2.25. The number of thioether (sulfide) groups is 1. The van der Waals surface area contributed by atoms with Crippen molar-refractivity contribution in [3.63, 3.8) is 0 Å². The largest absolute Gasteiger partial charge is 0.465 e. The maximum absolute atomic E-state index is 14.2. The average molecular weight is 418 g/mol. The standard InChI is InChI=1S/C20H29ClFNO3S/c1-7-17(20(25)26-10-11(2)3)27-18-9-16(15(22)8-14(18)21)23-19(24)13(6)12(4)5/h8-9,11-13,17H,7,10H2,1-6H3,(H,23,24). The molecule has 0 saturated heterocycles. The number of hydrogen-bond donors (Lipinski definition) is 1. The monoisotopic (exact) mass is 417 g/mol. The molecule has 0 radical (unpaired) electrons. The van der Waals surface area contributed by atoms with Crippen molar-refractivity contribution in [2.24, 2.45) is 17.8 Å². The summed E-state index contributed by atoms with van der Waals surface area (Å²) in [7, 11) is 0. The van der Waals surface area contributed by atoms with Gasteiger partial charge in [0.2, 0.25) is 5.91 Å². The van der Waals surface area contributed by atoms with Gasteiger partial charge in [-0.3, -0.25) is 9.59 Å². The van der Waals surface area contributed by atoms with E-state index in [1.165, 1.54) is 17.8 Å². The number of hydrogen-bond acceptors (Lipinski definition) is 4. The zero-order valence-corrected chi connectivity index (χ0v) is 18.3. The van der Waals surface area contributed by atoms with Gasteiger partial charge in [0.25, 0.3) is 0 Å². The van der Waals surface area contributed by atoms with Gasteiger partial charge in [0.1, 0.15) is 11.1 Å². The molecule has 2 atom stereocenters. The highest BCUT2D eigenvalue weighted by atomic mass is 35.5. The van der Waals surface area contributed by atoms with Crippen LogP contribution in [0.2, 0.25) is 5.02 Å². The SMILES string of the molecule is CCC(Sc1cc(NC(=O)C(C)C(C)C)c(F)cc1Cl)C(=O)OCC(C)C. The first-order valence-electron chi connectivity index (χ1n) is 9.19. The Balaban J connectivity index is 2.97. The molecule has 0 aliphatic rings. The van der Waals surface area contributed by atoms with Crippen LogP contribution in [-0.4, -0.2) is 23.7 Å². The van der Waals surface area contributed by atoms with Crippen LogP contribution in [0.4, 0.5) is 10.1 Å². The minimum atomic E-state index is -0.607. The predicted molar refractivity (Wildman–Crippen MR) is 110 cm³/mol. The third kappa shape index (κ3) is 7.34. The second kappa shape index (κ2) is 10.9. The molecule has 1 N–H and O–H groups in total. The van der Waals surface area contributed by atoms with E-state index in [9.17, 15) is 14.0 Å². The highest BCUT2D eigenvalue weighted by Crippen LogP contribution is 2.36. The van der Waals surface area contributed by atoms with Crippen molar-refractivity contribution in [1.29, 1.82) is 0 Å². The number of anilines is 1. The van der Waals surface area contributed by atoms with Crippen LogP contribution in [0.25, 0.3) is 0 Å². The van der Waals surface area contributed by atoms with Crippen LogP contribution in [0.5, 0.6) is 0 Å². The topological polar surface area (TPSA) is 55.4 Å². The van der Waals surface area contributed by atoms with Gasteiger partial charge in [-0.15, -0.1) is 11.8 Å². The molecule has 1 rings (SSSR count). The summed E-state index contributed by atoms with van der Waals surface area (Å²) in [6.45, 7) is 11.8. The second-order valence-corrected chi connectivity index (χ2v) is 8.97. The van der Waals surface area contributed by atoms with E-state index in [1.807, 2.05) is 34.6 Å². The molecule has 0 aromatic heterocycles. The molecule has 1 aromatic carbocycles. The Morgan fingerprint density at radius 3 is 2.37 bits per heavy atom. The Labute approximate surface area is 170 Å². The number of ether oxygens (including phenoxy) is 1. The first-order valence-corrected chi connectivity index (χ1v) is 10.5. The Bertz CT molecular complexity index is 667. The zero-order valence-electron chi connectivity index (χ0n) is 16.8. The molecule has 27 heavy (non-hydrogen) atoms. The molecular formula is C20H29ClFNO3S. The second-order valence-electron chi connectivity index (χ2n) is 7.32. The summed E-state index contributed by atoms with van der Waals surface area (Å²) >= 11 is 7.37. The Kier molecular flexibility index (Phi) is 9.60. The molecule has 0 saturated carbocycles. The Morgan fingerprint density at radius 1 is 1.22 bits per heavy atom. The molecule has 0 fully saturated rings. The van der Waals surface area contributed by atoms with Crippen LogP contribution in [-0.2, 0) is 14.3 Å². The lowest BCUT2D eigenvalue weighted by Gasteiger charge is -2.18. The highest BCUT2D eigenvalue weighted by molar-refractivity contribution is 8.00. The van der Waals surface area contributed by atoms with Gasteiger partial charge in [0.15, 0.2) is 0 Å². The van der Waals surface area contributed by atoms with Crippen LogP contribution in [0, 0.1) is 23.6 Å². The molecule has 7 heteroatoms. The number of benzene rings is 1. The Morgan fingerprint density at radius 2 is 1.85 bits per heavy atom. The van der Waals surface area contributed by atoms with Gasteiger partial charge in [-0.05, 0) is 30.4 Å². The van der Waals surface area contributed by atoms with Crippen LogP contribution < -0.4 is 5.32 Å². The Hall–Kier alpha value is -1.27. The molecule has 0 heterocycles. The predicted octanol–water partition coefficient (Wildman–Crippen LogP) is 5.78. The third-order valence-corrected chi connectivity index (χ3v) is 5.98. The number of carbonyl (C=O) groups excluding carboxylic acids is 2. The first kappa shape index (κ1) is 23.8. The summed E-state index contributed by atoms with van der Waals surface area (Å²) in [6.07, 6.45) is 0.543. The fourth-order valence-corrected chi connectivity index (χ4v) is 3.34. The number of rotatable bonds is 9. The van der Waals surface area contributed by atoms with Crippen molar-refractivity contribution in [3.05, 3.63) is 23.0 Å². The molecule has 0 aliphatic heterocycles. The minimum absolute atomic E-state index is 0.0600. The van der Waals surface area contributed by atoms with Crippen LogP contribution >= 0.6 is 23.4 Å². The number of carbonyl (C=O) groups is 2. The molecule has 2 unspecified atom stereocenters. The van der Waals surface area contributed by atoms with Gasteiger partial charge >= 0.3 is 5.97 Å². The van der Waals surface area contributed by atoms with Gasteiger partial charge in [-0.1, -0.05) is 53.1 Å². The van der Waals surface area contributed by atoms with Gasteiger partial charge in [-0.2, -0.15) is 0 Å². The van der Waals surface area contributed by atoms with Crippen molar-refractivity contribution in [1.82, 2.24) is 0 Å². The van der Waals surface area contributed by atoms with E-state index in [1.54, 1.807) is 6.92 Å². The van der Waals surface area contributed by atoms with E-state index in [2.05, 4.69) is 5.32 Å². The number of halogens is 2. The zero-order chi connectivity index (χ0) is 20.7. The molecule has 4 nitrogen and oxygen atoms in total. The summed E-state index contributed by atoms with van der Waals surface area (Å²) in [5.74, 6) is -1.07. The van der Waals surface area contributed by atoms with E-state index in [0.717, 1.165) is 6.07 Å². The fraction of sp³-hybridized carbons (Fsp3) is 0.600. The third-order valence-electron chi connectivity index (χ3n) is 4.15. The van der Waals surface area contributed by atoms with E-state index >= 15 is 0 Å². The summed E-state index contributed by atoms with van der Waals surface area (Å²) in [5.41, 5.74) is 0.0600. The molecule has 0 bridgehead atoms. The summed E-state index contributed by atoms with van der Waals surface area (Å²) < 4.78 is 19.5. The van der Waals surface area contributed by atoms with Crippen molar-refractivity contribution in [2.45, 2.75) is 58.1 Å². The van der Waals surface area contributed by atoms with E-state index in [-0.39, 0.29) is 40.3 Å². The van der Waals surface area contributed by atoms with Crippen molar-refractivity contribution < 1.29 is 18.7 Å². The van der Waals surface area contributed by atoms with E-state index < -0.39 is 11.1 Å². The molecule has 0 spiro atoms. The molecule has 0 aliphatic carbocycles. The molecule has 1 aromatic rings.